The first-order valence-electron chi connectivity index (χ1n) is 7.87. The molecule has 0 radical (unpaired) electrons. The lowest BCUT2D eigenvalue weighted by atomic mass is 9.69. The summed E-state index contributed by atoms with van der Waals surface area (Å²) in [6, 6.07) is 0. The van der Waals surface area contributed by atoms with Crippen molar-refractivity contribution in [2.24, 2.45) is 22.5 Å². The van der Waals surface area contributed by atoms with Crippen LogP contribution >= 0.6 is 0 Å². The van der Waals surface area contributed by atoms with Crippen LogP contribution in [0, 0.1) is 16.7 Å². The van der Waals surface area contributed by atoms with Crippen molar-refractivity contribution >= 4 is 0 Å². The molecule has 0 bridgehead atoms. The van der Waals surface area contributed by atoms with Gasteiger partial charge in [0.15, 0.2) is 0 Å². The topological polar surface area (TPSA) is 29.3 Å². The number of hydrogen-bond acceptors (Lipinski definition) is 2. The Morgan fingerprint density at radius 1 is 1.22 bits per heavy atom. The maximum absolute atomic E-state index is 6.16. The third-order valence-corrected chi connectivity index (χ3v) is 5.16. The first kappa shape index (κ1) is 14.3. The fraction of sp³-hybridized carbons (Fsp3) is 1.00. The highest BCUT2D eigenvalue weighted by molar-refractivity contribution is 4.91. The second kappa shape index (κ2) is 5.50. The molecular weight excluding hydrogens is 220 g/mol. The maximum atomic E-state index is 6.16. The molecule has 106 valence electrons. The van der Waals surface area contributed by atoms with Gasteiger partial charge in [0.05, 0.1) is 0 Å². The summed E-state index contributed by atoms with van der Waals surface area (Å²) in [4.78, 5) is 2.70. The number of nitrogens with two attached hydrogens (primary N) is 1. The van der Waals surface area contributed by atoms with Crippen LogP contribution in [0.4, 0.5) is 0 Å². The Kier molecular flexibility index (Phi) is 4.38. The van der Waals surface area contributed by atoms with Crippen molar-refractivity contribution in [3.05, 3.63) is 0 Å². The summed E-state index contributed by atoms with van der Waals surface area (Å²) in [5.41, 5.74) is 7.09. The Bertz CT molecular complexity index is 274. The van der Waals surface area contributed by atoms with Crippen LogP contribution in [-0.2, 0) is 0 Å². The van der Waals surface area contributed by atoms with Crippen LogP contribution in [0.2, 0.25) is 0 Å². The molecule has 2 atom stereocenters. The monoisotopic (exact) mass is 252 g/mol. The molecule has 2 rings (SSSR count). The molecule has 2 unspecified atom stereocenters. The smallest absolute Gasteiger partial charge is 0.00504 e. The lowest BCUT2D eigenvalue weighted by molar-refractivity contribution is 0.0423. The van der Waals surface area contributed by atoms with Gasteiger partial charge in [0.2, 0.25) is 0 Å². The third-order valence-electron chi connectivity index (χ3n) is 5.16. The molecule has 1 saturated heterocycles. The minimum atomic E-state index is 0.422. The summed E-state index contributed by atoms with van der Waals surface area (Å²) < 4.78 is 0. The molecule has 0 amide bonds. The molecular formula is C16H32N2. The number of rotatable bonds is 3. The quantitative estimate of drug-likeness (QED) is 0.835. The van der Waals surface area contributed by atoms with E-state index in [0.717, 1.165) is 12.5 Å². The van der Waals surface area contributed by atoms with Crippen molar-refractivity contribution in [1.29, 1.82) is 0 Å². The molecule has 2 N–H and O–H groups in total. The Morgan fingerprint density at radius 3 is 2.61 bits per heavy atom. The van der Waals surface area contributed by atoms with Crippen molar-refractivity contribution in [2.75, 3.05) is 26.2 Å². The highest BCUT2D eigenvalue weighted by Crippen LogP contribution is 2.40. The summed E-state index contributed by atoms with van der Waals surface area (Å²) in [5.74, 6) is 0.875. The fourth-order valence-electron chi connectivity index (χ4n) is 4.32. The van der Waals surface area contributed by atoms with Gasteiger partial charge in [-0.25, -0.2) is 0 Å². The minimum Gasteiger partial charge on any atom is -0.330 e. The SMILES string of the molecule is CC1CCCC(CN)(CN2CCCC(C)(C)C2)C1. The van der Waals surface area contributed by atoms with Crippen molar-refractivity contribution in [2.45, 2.75) is 59.3 Å². The van der Waals surface area contributed by atoms with E-state index in [1.807, 2.05) is 0 Å². The molecule has 1 heterocycles. The van der Waals surface area contributed by atoms with Crippen LogP contribution in [0.5, 0.6) is 0 Å². The highest BCUT2D eigenvalue weighted by Gasteiger charge is 2.37. The first-order chi connectivity index (χ1) is 8.45. The summed E-state index contributed by atoms with van der Waals surface area (Å²) in [7, 11) is 0. The fourth-order valence-corrected chi connectivity index (χ4v) is 4.32. The molecule has 2 nitrogen and oxygen atoms in total. The number of nitrogens with zero attached hydrogens (tertiary/aromatic N) is 1. The molecule has 1 aliphatic carbocycles. The zero-order chi connectivity index (χ0) is 13.2. The molecule has 0 aromatic heterocycles. The molecule has 0 aromatic carbocycles. The van der Waals surface area contributed by atoms with E-state index in [9.17, 15) is 0 Å². The van der Waals surface area contributed by atoms with E-state index in [4.69, 9.17) is 5.73 Å². The van der Waals surface area contributed by atoms with Gasteiger partial charge in [-0.2, -0.15) is 0 Å². The van der Waals surface area contributed by atoms with Crippen LogP contribution in [0.25, 0.3) is 0 Å². The zero-order valence-electron chi connectivity index (χ0n) is 12.7. The zero-order valence-corrected chi connectivity index (χ0v) is 12.7. The Labute approximate surface area is 113 Å². The van der Waals surface area contributed by atoms with Crippen molar-refractivity contribution < 1.29 is 0 Å². The van der Waals surface area contributed by atoms with Gasteiger partial charge in [-0.05, 0) is 55.5 Å². The van der Waals surface area contributed by atoms with Gasteiger partial charge < -0.3 is 10.6 Å². The predicted molar refractivity (Wildman–Crippen MR) is 78.6 cm³/mol. The Hall–Kier alpha value is -0.0800. The van der Waals surface area contributed by atoms with Gasteiger partial charge in [0.25, 0.3) is 0 Å². The van der Waals surface area contributed by atoms with Crippen molar-refractivity contribution in [3.8, 4) is 0 Å². The van der Waals surface area contributed by atoms with E-state index in [1.54, 1.807) is 0 Å². The Balaban J connectivity index is 1.97. The largest absolute Gasteiger partial charge is 0.330 e. The van der Waals surface area contributed by atoms with Crippen molar-refractivity contribution in [3.63, 3.8) is 0 Å². The number of piperidine rings is 1. The lowest BCUT2D eigenvalue weighted by Crippen LogP contribution is -2.49. The van der Waals surface area contributed by atoms with E-state index < -0.39 is 0 Å². The summed E-state index contributed by atoms with van der Waals surface area (Å²) >= 11 is 0. The van der Waals surface area contributed by atoms with Crippen LogP contribution in [-0.4, -0.2) is 31.1 Å². The van der Waals surface area contributed by atoms with Gasteiger partial charge in [-0.3, -0.25) is 0 Å². The van der Waals surface area contributed by atoms with E-state index in [0.29, 0.717) is 10.8 Å². The average molecular weight is 252 g/mol. The third kappa shape index (κ3) is 3.48. The second-order valence-corrected chi connectivity index (χ2v) is 7.88. The van der Waals surface area contributed by atoms with Crippen LogP contribution in [0.3, 0.4) is 0 Å². The van der Waals surface area contributed by atoms with E-state index >= 15 is 0 Å². The van der Waals surface area contributed by atoms with Crippen molar-refractivity contribution in [1.82, 2.24) is 4.90 Å². The average Bonchev–Trinajstić information content (AvgIpc) is 2.27. The summed E-state index contributed by atoms with van der Waals surface area (Å²) in [5, 5.41) is 0. The van der Waals surface area contributed by atoms with Gasteiger partial charge in [0.1, 0.15) is 0 Å². The summed E-state index contributed by atoms with van der Waals surface area (Å²) in [6.45, 7) is 11.9. The standard InChI is InChI=1S/C16H32N2/c1-14-6-4-8-16(10-14,11-17)13-18-9-5-7-15(2,3)12-18/h14H,4-13,17H2,1-3H3. The van der Waals surface area contributed by atoms with Gasteiger partial charge >= 0.3 is 0 Å². The molecule has 1 saturated carbocycles. The summed E-state index contributed by atoms with van der Waals surface area (Å²) in [6.07, 6.45) is 8.24. The van der Waals surface area contributed by atoms with Gasteiger partial charge in [0, 0.05) is 13.1 Å². The van der Waals surface area contributed by atoms with Crippen LogP contribution in [0.1, 0.15) is 59.3 Å². The predicted octanol–water partition coefficient (Wildman–Crippen LogP) is 3.26. The molecule has 2 fully saturated rings. The lowest BCUT2D eigenvalue weighted by Gasteiger charge is -2.46. The normalized spacial score (nSPS) is 37.7. The number of hydrogen-bond donors (Lipinski definition) is 1. The first-order valence-corrected chi connectivity index (χ1v) is 7.87. The molecule has 2 aliphatic rings. The van der Waals surface area contributed by atoms with E-state index in [2.05, 4.69) is 25.7 Å². The Morgan fingerprint density at radius 2 is 2.00 bits per heavy atom. The second-order valence-electron chi connectivity index (χ2n) is 7.88. The van der Waals surface area contributed by atoms with Gasteiger partial charge in [-0.1, -0.05) is 33.6 Å². The molecule has 2 heteroatoms. The van der Waals surface area contributed by atoms with Crippen LogP contribution < -0.4 is 5.73 Å². The van der Waals surface area contributed by atoms with E-state index in [1.165, 1.54) is 58.2 Å². The maximum Gasteiger partial charge on any atom is 0.00504 e. The number of likely N-dealkylation sites (tertiary alicyclic amines) is 1. The van der Waals surface area contributed by atoms with Gasteiger partial charge in [-0.15, -0.1) is 0 Å². The van der Waals surface area contributed by atoms with Crippen LogP contribution in [0.15, 0.2) is 0 Å². The molecule has 0 spiro atoms. The molecule has 18 heavy (non-hydrogen) atoms. The molecule has 1 aliphatic heterocycles. The molecule has 0 aromatic rings. The highest BCUT2D eigenvalue weighted by atomic mass is 15.1. The van der Waals surface area contributed by atoms with E-state index in [-0.39, 0.29) is 0 Å². The minimum absolute atomic E-state index is 0.422.